The number of rotatable bonds is 4. The molecule has 0 atom stereocenters. The number of halogens is 1. The average molecular weight is 267 g/mol. The molecule has 2 N–H and O–H groups in total. The molecule has 0 aliphatic rings. The van der Waals surface area contributed by atoms with E-state index in [1.54, 1.807) is 0 Å². The van der Waals surface area contributed by atoms with Crippen LogP contribution in [0.2, 0.25) is 0 Å². The monoisotopic (exact) mass is 266 g/mol. The van der Waals surface area contributed by atoms with E-state index < -0.39 is 0 Å². The van der Waals surface area contributed by atoms with Gasteiger partial charge in [-0.3, -0.25) is 0 Å². The Balaban J connectivity index is 0.00000162. The predicted molar refractivity (Wildman–Crippen MR) is 71.9 cm³/mol. The lowest BCUT2D eigenvalue weighted by molar-refractivity contribution is 0.340. The van der Waals surface area contributed by atoms with Gasteiger partial charge in [0.15, 0.2) is 0 Å². The molecule has 96 valence electrons. The molecular weight excluding hydrogens is 252 g/mol. The maximum atomic E-state index is 5.49. The Morgan fingerprint density at radius 3 is 2.50 bits per heavy atom. The summed E-state index contributed by atoms with van der Waals surface area (Å²) in [7, 11) is 0. The normalized spacial score (nSPS) is 9.61. The van der Waals surface area contributed by atoms with Crippen LogP contribution in [0.3, 0.4) is 0 Å². The Hall–Kier alpha value is -1.88. The Morgan fingerprint density at radius 1 is 1.17 bits per heavy atom. The van der Waals surface area contributed by atoms with Crippen molar-refractivity contribution in [1.29, 1.82) is 0 Å². The molecule has 0 bridgehead atoms. The van der Waals surface area contributed by atoms with Crippen LogP contribution in [0, 0.1) is 0 Å². The largest absolute Gasteiger partial charge is 0.494 e. The van der Waals surface area contributed by atoms with E-state index in [2.05, 4.69) is 15.0 Å². The number of benzene rings is 1. The number of nitrogens with two attached hydrogens (primary N) is 1. The van der Waals surface area contributed by atoms with Crippen molar-refractivity contribution in [3.05, 3.63) is 42.0 Å². The van der Waals surface area contributed by atoms with Gasteiger partial charge in [-0.25, -0.2) is 9.97 Å². The van der Waals surface area contributed by atoms with Crippen LogP contribution in [0.25, 0.3) is 0 Å². The minimum absolute atomic E-state index is 0. The number of ether oxygens (including phenoxy) is 1. The third-order valence-electron chi connectivity index (χ3n) is 2.24. The van der Waals surface area contributed by atoms with Crippen LogP contribution in [-0.2, 0) is 6.42 Å². The van der Waals surface area contributed by atoms with Crippen molar-refractivity contribution < 1.29 is 4.74 Å². The van der Waals surface area contributed by atoms with E-state index in [0.29, 0.717) is 18.9 Å². The van der Waals surface area contributed by atoms with Crippen LogP contribution in [0.5, 0.6) is 5.75 Å². The molecule has 0 fully saturated rings. The molecule has 0 saturated heterocycles. The highest BCUT2D eigenvalue weighted by molar-refractivity contribution is 5.85. The van der Waals surface area contributed by atoms with Gasteiger partial charge in [0.05, 0.1) is 6.61 Å². The van der Waals surface area contributed by atoms with Gasteiger partial charge < -0.3 is 10.5 Å². The molecule has 2 rings (SSSR count). The molecular formula is C12H15ClN4O. The standard InChI is InChI=1S/C12H14N4O.ClH/c1-2-17-10-5-3-9(4-6-10)7-11-14-8-15-12(13)16-11;/h3-6,8H,2,7H2,1H3,(H2,13,14,15,16);1H. The van der Waals surface area contributed by atoms with Gasteiger partial charge in [0.2, 0.25) is 5.95 Å². The summed E-state index contributed by atoms with van der Waals surface area (Å²) >= 11 is 0. The van der Waals surface area contributed by atoms with Gasteiger partial charge in [0, 0.05) is 6.42 Å². The summed E-state index contributed by atoms with van der Waals surface area (Å²) in [4.78, 5) is 11.9. The van der Waals surface area contributed by atoms with Crippen molar-refractivity contribution in [2.75, 3.05) is 12.3 Å². The summed E-state index contributed by atoms with van der Waals surface area (Å²) in [5, 5.41) is 0. The van der Waals surface area contributed by atoms with Crippen LogP contribution >= 0.6 is 12.4 Å². The first-order valence-corrected chi connectivity index (χ1v) is 5.43. The summed E-state index contributed by atoms with van der Waals surface area (Å²) in [5.74, 6) is 1.79. The lowest BCUT2D eigenvalue weighted by atomic mass is 10.1. The average Bonchev–Trinajstić information content (AvgIpc) is 2.32. The van der Waals surface area contributed by atoms with Crippen molar-refractivity contribution in [2.45, 2.75) is 13.3 Å². The number of nitrogens with zero attached hydrogens (tertiary/aromatic N) is 3. The van der Waals surface area contributed by atoms with Gasteiger partial charge in [0.25, 0.3) is 0 Å². The quantitative estimate of drug-likeness (QED) is 0.914. The smallest absolute Gasteiger partial charge is 0.223 e. The molecule has 2 aromatic rings. The second kappa shape index (κ2) is 6.76. The van der Waals surface area contributed by atoms with Crippen molar-refractivity contribution in [3.63, 3.8) is 0 Å². The first-order chi connectivity index (χ1) is 8.28. The SMILES string of the molecule is CCOc1ccc(Cc2ncnc(N)n2)cc1.Cl. The van der Waals surface area contributed by atoms with E-state index in [9.17, 15) is 0 Å². The van der Waals surface area contributed by atoms with Crippen molar-refractivity contribution in [1.82, 2.24) is 15.0 Å². The molecule has 0 unspecified atom stereocenters. The maximum Gasteiger partial charge on any atom is 0.223 e. The Morgan fingerprint density at radius 2 is 1.89 bits per heavy atom. The molecule has 0 saturated carbocycles. The minimum atomic E-state index is 0. The number of aromatic nitrogens is 3. The van der Waals surface area contributed by atoms with Crippen LogP contribution in [0.4, 0.5) is 5.95 Å². The summed E-state index contributed by atoms with van der Waals surface area (Å²) < 4.78 is 5.37. The van der Waals surface area contributed by atoms with Gasteiger partial charge >= 0.3 is 0 Å². The van der Waals surface area contributed by atoms with Gasteiger partial charge in [0.1, 0.15) is 17.9 Å². The van der Waals surface area contributed by atoms with Crippen LogP contribution in [-0.4, -0.2) is 21.6 Å². The fourth-order valence-electron chi connectivity index (χ4n) is 1.48. The van der Waals surface area contributed by atoms with Crippen molar-refractivity contribution in [3.8, 4) is 5.75 Å². The highest BCUT2D eigenvalue weighted by Gasteiger charge is 2.01. The van der Waals surface area contributed by atoms with Crippen LogP contribution < -0.4 is 10.5 Å². The Labute approximate surface area is 112 Å². The summed E-state index contributed by atoms with van der Waals surface area (Å²) in [6.07, 6.45) is 2.06. The second-order valence-corrected chi connectivity index (χ2v) is 3.51. The number of hydrogen-bond donors (Lipinski definition) is 1. The van der Waals surface area contributed by atoms with Crippen molar-refractivity contribution in [2.24, 2.45) is 0 Å². The summed E-state index contributed by atoms with van der Waals surface area (Å²) in [5.41, 5.74) is 6.60. The molecule has 6 heteroatoms. The highest BCUT2D eigenvalue weighted by Crippen LogP contribution is 2.13. The molecule has 0 amide bonds. The van der Waals surface area contributed by atoms with Crippen LogP contribution in [0.1, 0.15) is 18.3 Å². The van der Waals surface area contributed by atoms with Crippen LogP contribution in [0.15, 0.2) is 30.6 Å². The Kier molecular flexibility index (Phi) is 5.32. The fraction of sp³-hybridized carbons (Fsp3) is 0.250. The third kappa shape index (κ3) is 3.85. The van der Waals surface area contributed by atoms with Gasteiger partial charge in [-0.05, 0) is 24.6 Å². The van der Waals surface area contributed by atoms with Gasteiger partial charge in [-0.2, -0.15) is 4.98 Å². The molecule has 0 aliphatic carbocycles. The van der Waals surface area contributed by atoms with E-state index in [4.69, 9.17) is 10.5 Å². The van der Waals surface area contributed by atoms with Crippen molar-refractivity contribution >= 4 is 18.4 Å². The molecule has 18 heavy (non-hydrogen) atoms. The predicted octanol–water partition coefficient (Wildman–Crippen LogP) is 1.87. The zero-order valence-electron chi connectivity index (χ0n) is 10.0. The summed E-state index contributed by atoms with van der Waals surface area (Å²) in [6.45, 7) is 2.63. The number of nitrogen functional groups attached to an aromatic ring is 1. The molecule has 0 radical (unpaired) electrons. The number of hydrogen-bond acceptors (Lipinski definition) is 5. The molecule has 0 spiro atoms. The molecule has 1 aromatic carbocycles. The maximum absolute atomic E-state index is 5.49. The summed E-state index contributed by atoms with van der Waals surface area (Å²) in [6, 6.07) is 7.85. The Bertz CT molecular complexity index is 490. The highest BCUT2D eigenvalue weighted by atomic mass is 35.5. The topological polar surface area (TPSA) is 73.9 Å². The van der Waals surface area contributed by atoms with E-state index in [0.717, 1.165) is 11.3 Å². The fourth-order valence-corrected chi connectivity index (χ4v) is 1.48. The van der Waals surface area contributed by atoms with E-state index >= 15 is 0 Å². The molecule has 1 aromatic heterocycles. The second-order valence-electron chi connectivity index (χ2n) is 3.51. The zero-order valence-corrected chi connectivity index (χ0v) is 10.9. The third-order valence-corrected chi connectivity index (χ3v) is 2.24. The minimum Gasteiger partial charge on any atom is -0.494 e. The number of anilines is 1. The molecule has 1 heterocycles. The van der Waals surface area contributed by atoms with E-state index in [1.807, 2.05) is 31.2 Å². The molecule has 0 aliphatic heterocycles. The zero-order chi connectivity index (χ0) is 12.1. The lowest BCUT2D eigenvalue weighted by Crippen LogP contribution is -2.02. The first-order valence-electron chi connectivity index (χ1n) is 5.43. The molecule has 5 nitrogen and oxygen atoms in total. The van der Waals surface area contributed by atoms with Gasteiger partial charge in [-0.15, -0.1) is 12.4 Å². The first kappa shape index (κ1) is 14.2. The van der Waals surface area contributed by atoms with Gasteiger partial charge in [-0.1, -0.05) is 12.1 Å². The lowest BCUT2D eigenvalue weighted by Gasteiger charge is -2.04. The van der Waals surface area contributed by atoms with E-state index in [-0.39, 0.29) is 18.4 Å². The van der Waals surface area contributed by atoms with E-state index in [1.165, 1.54) is 6.33 Å².